The second-order valence-corrected chi connectivity index (χ2v) is 5.57. The topological polar surface area (TPSA) is 60.9 Å². The fraction of sp³-hybridized carbons (Fsp3) is 0.500. The summed E-state index contributed by atoms with van der Waals surface area (Å²) in [6.07, 6.45) is -0.00790. The quantitative estimate of drug-likeness (QED) is 0.914. The maximum atomic E-state index is 11.7. The van der Waals surface area contributed by atoms with Crippen LogP contribution in [0.5, 0.6) is 0 Å². The Bertz CT molecular complexity index is 504. The molecule has 0 aliphatic carbocycles. The Labute approximate surface area is 125 Å². The van der Waals surface area contributed by atoms with Crippen LogP contribution in [0.15, 0.2) is 30.3 Å². The highest BCUT2D eigenvalue weighted by Crippen LogP contribution is 2.22. The van der Waals surface area contributed by atoms with Crippen LogP contribution in [-0.2, 0) is 16.1 Å². The Kier molecular flexibility index (Phi) is 4.96. The highest BCUT2D eigenvalue weighted by Gasteiger charge is 2.36. The van der Waals surface area contributed by atoms with Gasteiger partial charge in [0, 0.05) is 32.6 Å². The van der Waals surface area contributed by atoms with Gasteiger partial charge in [0.15, 0.2) is 0 Å². The number of benzene rings is 1. The first kappa shape index (κ1) is 15.5. The molecule has 1 aromatic rings. The molecule has 1 aliphatic heterocycles. The van der Waals surface area contributed by atoms with Crippen LogP contribution in [0.1, 0.15) is 25.8 Å². The molecule has 1 fully saturated rings. The highest BCUT2D eigenvalue weighted by atomic mass is 16.4. The van der Waals surface area contributed by atoms with Crippen LogP contribution in [0.3, 0.4) is 0 Å². The number of aliphatic carboxylic acids is 1. The van der Waals surface area contributed by atoms with Crippen molar-refractivity contribution in [2.75, 3.05) is 13.1 Å². The van der Waals surface area contributed by atoms with E-state index in [9.17, 15) is 9.59 Å². The van der Waals surface area contributed by atoms with Crippen LogP contribution in [0, 0.1) is 0 Å². The molecule has 1 unspecified atom stereocenters. The first-order valence-corrected chi connectivity index (χ1v) is 7.26. The van der Waals surface area contributed by atoms with Gasteiger partial charge in [-0.15, -0.1) is 0 Å². The maximum Gasteiger partial charge on any atom is 0.305 e. The van der Waals surface area contributed by atoms with Gasteiger partial charge >= 0.3 is 5.97 Å². The minimum atomic E-state index is -0.861. The third-order valence-corrected chi connectivity index (χ3v) is 4.18. The zero-order chi connectivity index (χ0) is 15.4. The van der Waals surface area contributed by atoms with Crippen LogP contribution >= 0.6 is 0 Å². The first-order chi connectivity index (χ1) is 9.99. The second kappa shape index (κ2) is 6.72. The molecule has 1 aromatic carbocycles. The fourth-order valence-electron chi connectivity index (χ4n) is 3.00. The first-order valence-electron chi connectivity index (χ1n) is 7.26. The summed E-state index contributed by atoms with van der Waals surface area (Å²) in [5.74, 6) is -0.910. The summed E-state index contributed by atoms with van der Waals surface area (Å²) in [6, 6.07) is 9.87. The molecule has 1 heterocycles. The van der Waals surface area contributed by atoms with Crippen molar-refractivity contribution in [3.63, 3.8) is 0 Å². The fourth-order valence-corrected chi connectivity index (χ4v) is 3.00. The molecule has 21 heavy (non-hydrogen) atoms. The van der Waals surface area contributed by atoms with Crippen LogP contribution in [-0.4, -0.2) is 52.0 Å². The lowest BCUT2D eigenvalue weighted by Gasteiger charge is -2.45. The molecule has 1 saturated heterocycles. The van der Waals surface area contributed by atoms with E-state index in [2.05, 4.69) is 17.0 Å². The van der Waals surface area contributed by atoms with Gasteiger partial charge < -0.3 is 10.0 Å². The third kappa shape index (κ3) is 3.82. The molecule has 1 N–H and O–H groups in total. The summed E-state index contributed by atoms with van der Waals surface area (Å²) in [4.78, 5) is 26.8. The predicted octanol–water partition coefficient (Wildman–Crippen LogP) is 1.58. The summed E-state index contributed by atoms with van der Waals surface area (Å²) in [5, 5.41) is 9.10. The molecule has 0 bridgehead atoms. The van der Waals surface area contributed by atoms with E-state index in [1.165, 1.54) is 12.5 Å². The molecule has 1 aliphatic rings. The molecule has 5 heteroatoms. The summed E-state index contributed by atoms with van der Waals surface area (Å²) in [6.45, 7) is 5.65. The van der Waals surface area contributed by atoms with Gasteiger partial charge in [-0.2, -0.15) is 0 Å². The highest BCUT2D eigenvalue weighted by molar-refractivity contribution is 5.75. The standard InChI is InChI=1S/C16H22N2O3/c1-12-15(10-16(20)21)18(13(2)19)9-8-17(12)11-14-6-4-3-5-7-14/h3-7,12,15H,8-11H2,1-2H3,(H,20,21)/t12-,15?/m1/s1. The molecule has 114 valence electrons. The van der Waals surface area contributed by atoms with Crippen molar-refractivity contribution in [2.24, 2.45) is 0 Å². The lowest BCUT2D eigenvalue weighted by atomic mass is 9.98. The molecule has 0 saturated carbocycles. The van der Waals surface area contributed by atoms with E-state index in [0.29, 0.717) is 6.54 Å². The van der Waals surface area contributed by atoms with E-state index in [-0.39, 0.29) is 24.4 Å². The number of hydrogen-bond donors (Lipinski definition) is 1. The number of piperazine rings is 1. The van der Waals surface area contributed by atoms with E-state index >= 15 is 0 Å². The second-order valence-electron chi connectivity index (χ2n) is 5.57. The number of rotatable bonds is 4. The number of hydrogen-bond acceptors (Lipinski definition) is 3. The van der Waals surface area contributed by atoms with E-state index in [1.807, 2.05) is 25.1 Å². The van der Waals surface area contributed by atoms with E-state index in [1.54, 1.807) is 4.90 Å². The monoisotopic (exact) mass is 290 g/mol. The van der Waals surface area contributed by atoms with Gasteiger partial charge in [0.1, 0.15) is 0 Å². The van der Waals surface area contributed by atoms with Crippen LogP contribution < -0.4 is 0 Å². The predicted molar refractivity (Wildman–Crippen MR) is 79.7 cm³/mol. The summed E-state index contributed by atoms with van der Waals surface area (Å²) < 4.78 is 0. The minimum absolute atomic E-state index is 0.00790. The Hall–Kier alpha value is -1.88. The average molecular weight is 290 g/mol. The van der Waals surface area contributed by atoms with Crippen LogP contribution in [0.4, 0.5) is 0 Å². The number of amides is 1. The van der Waals surface area contributed by atoms with Gasteiger partial charge in [-0.1, -0.05) is 30.3 Å². The Morgan fingerprint density at radius 1 is 1.24 bits per heavy atom. The number of carbonyl (C=O) groups is 2. The molecule has 2 atom stereocenters. The van der Waals surface area contributed by atoms with Crippen molar-refractivity contribution in [3.8, 4) is 0 Å². The van der Waals surface area contributed by atoms with E-state index < -0.39 is 5.97 Å². The molecule has 1 amide bonds. The zero-order valence-electron chi connectivity index (χ0n) is 12.5. The summed E-state index contributed by atoms with van der Waals surface area (Å²) in [7, 11) is 0. The Balaban J connectivity index is 2.12. The van der Waals surface area contributed by atoms with Crippen molar-refractivity contribution >= 4 is 11.9 Å². The van der Waals surface area contributed by atoms with Crippen LogP contribution in [0.25, 0.3) is 0 Å². The number of carbonyl (C=O) groups excluding carboxylic acids is 1. The largest absolute Gasteiger partial charge is 0.481 e. The Morgan fingerprint density at radius 2 is 1.90 bits per heavy atom. The van der Waals surface area contributed by atoms with Crippen molar-refractivity contribution in [1.29, 1.82) is 0 Å². The Morgan fingerprint density at radius 3 is 2.48 bits per heavy atom. The molecule has 5 nitrogen and oxygen atoms in total. The minimum Gasteiger partial charge on any atom is -0.481 e. The molecule has 2 rings (SSSR count). The van der Waals surface area contributed by atoms with Crippen molar-refractivity contribution < 1.29 is 14.7 Å². The zero-order valence-corrected chi connectivity index (χ0v) is 12.5. The lowest BCUT2D eigenvalue weighted by molar-refractivity contribution is -0.144. The average Bonchev–Trinajstić information content (AvgIpc) is 2.43. The maximum absolute atomic E-state index is 11.7. The number of carboxylic acids is 1. The smallest absolute Gasteiger partial charge is 0.305 e. The third-order valence-electron chi connectivity index (χ3n) is 4.18. The number of carboxylic acid groups (broad SMARTS) is 1. The van der Waals surface area contributed by atoms with Crippen molar-refractivity contribution in [3.05, 3.63) is 35.9 Å². The summed E-state index contributed by atoms with van der Waals surface area (Å²) in [5.41, 5.74) is 1.20. The summed E-state index contributed by atoms with van der Waals surface area (Å²) >= 11 is 0. The van der Waals surface area contributed by atoms with Gasteiger partial charge in [-0.05, 0) is 12.5 Å². The van der Waals surface area contributed by atoms with Crippen molar-refractivity contribution in [2.45, 2.75) is 38.9 Å². The normalized spacial score (nSPS) is 23.0. The van der Waals surface area contributed by atoms with Crippen LogP contribution in [0.2, 0.25) is 0 Å². The van der Waals surface area contributed by atoms with E-state index in [0.717, 1.165) is 13.1 Å². The molecular formula is C16H22N2O3. The number of nitrogens with zero attached hydrogens (tertiary/aromatic N) is 2. The SMILES string of the molecule is CC(=O)N1CCN(Cc2ccccc2)[C@H](C)C1CC(=O)O. The van der Waals surface area contributed by atoms with Gasteiger partial charge in [0.25, 0.3) is 0 Å². The lowest BCUT2D eigenvalue weighted by Crippen LogP contribution is -2.59. The molecule has 0 radical (unpaired) electrons. The van der Waals surface area contributed by atoms with Gasteiger partial charge in [-0.25, -0.2) is 0 Å². The van der Waals surface area contributed by atoms with Gasteiger partial charge in [-0.3, -0.25) is 14.5 Å². The van der Waals surface area contributed by atoms with E-state index in [4.69, 9.17) is 5.11 Å². The molecule has 0 spiro atoms. The van der Waals surface area contributed by atoms with Crippen molar-refractivity contribution in [1.82, 2.24) is 9.80 Å². The van der Waals surface area contributed by atoms with Gasteiger partial charge in [0.05, 0.1) is 12.5 Å². The van der Waals surface area contributed by atoms with Gasteiger partial charge in [0.2, 0.25) is 5.91 Å². The molecule has 0 aromatic heterocycles. The molecular weight excluding hydrogens is 268 g/mol.